The second-order valence-corrected chi connectivity index (χ2v) is 6.93. The van der Waals surface area contributed by atoms with Crippen LogP contribution >= 0.6 is 0 Å². The molecule has 0 aliphatic heterocycles. The lowest BCUT2D eigenvalue weighted by Crippen LogP contribution is -2.47. The van der Waals surface area contributed by atoms with Crippen LogP contribution in [-0.2, 0) is 10.0 Å². The van der Waals surface area contributed by atoms with E-state index in [1.54, 1.807) is 0 Å². The van der Waals surface area contributed by atoms with Gasteiger partial charge in [-0.1, -0.05) is 0 Å². The van der Waals surface area contributed by atoms with Crippen molar-refractivity contribution < 1.29 is 8.42 Å². The molecule has 0 aliphatic carbocycles. The fraction of sp³-hybridized carbons (Fsp3) is 0.500. The maximum atomic E-state index is 11.2. The molecule has 4 N–H and O–H groups in total. The van der Waals surface area contributed by atoms with E-state index in [0.717, 1.165) is 17.5 Å². The first kappa shape index (κ1) is 14.8. The van der Waals surface area contributed by atoms with Crippen LogP contribution in [-0.4, -0.2) is 26.8 Å². The molecular formula is C12H21N3O2S. The highest BCUT2D eigenvalue weighted by Gasteiger charge is 2.21. The fourth-order valence-corrected chi connectivity index (χ4v) is 2.82. The maximum absolute atomic E-state index is 11.2. The second-order valence-electron chi connectivity index (χ2n) is 5.19. The SMILES string of the molecule is Cc1cc(N)ccc1NCC(C)(C)NS(C)(=O)=O. The Morgan fingerprint density at radius 1 is 1.33 bits per heavy atom. The highest BCUT2D eigenvalue weighted by Crippen LogP contribution is 2.18. The highest BCUT2D eigenvalue weighted by atomic mass is 32.2. The molecule has 0 amide bonds. The number of hydrogen-bond acceptors (Lipinski definition) is 4. The molecule has 0 saturated carbocycles. The van der Waals surface area contributed by atoms with Crippen LogP contribution in [0.5, 0.6) is 0 Å². The zero-order chi connectivity index (χ0) is 14.0. The van der Waals surface area contributed by atoms with E-state index in [-0.39, 0.29) is 0 Å². The van der Waals surface area contributed by atoms with Crippen LogP contribution in [0.4, 0.5) is 11.4 Å². The fourth-order valence-electron chi connectivity index (χ4n) is 1.74. The molecule has 1 aromatic rings. The summed E-state index contributed by atoms with van der Waals surface area (Å²) in [6.07, 6.45) is 1.16. The molecular weight excluding hydrogens is 250 g/mol. The standard InChI is InChI=1S/C12H21N3O2S/c1-9-7-10(13)5-6-11(9)14-8-12(2,3)15-18(4,16)17/h5-7,14-15H,8,13H2,1-4H3. The normalized spacial score (nSPS) is 12.4. The van der Waals surface area contributed by atoms with Gasteiger partial charge in [-0.25, -0.2) is 13.1 Å². The Bertz CT molecular complexity index is 524. The van der Waals surface area contributed by atoms with Crippen molar-refractivity contribution in [3.8, 4) is 0 Å². The van der Waals surface area contributed by atoms with Gasteiger partial charge in [-0.2, -0.15) is 0 Å². The Kier molecular flexibility index (Phi) is 4.24. The van der Waals surface area contributed by atoms with E-state index in [2.05, 4.69) is 10.0 Å². The summed E-state index contributed by atoms with van der Waals surface area (Å²) >= 11 is 0. The number of anilines is 2. The summed E-state index contributed by atoms with van der Waals surface area (Å²) in [7, 11) is -3.21. The van der Waals surface area contributed by atoms with Crippen molar-refractivity contribution in [2.24, 2.45) is 0 Å². The summed E-state index contributed by atoms with van der Waals surface area (Å²) in [4.78, 5) is 0. The molecule has 0 heterocycles. The van der Waals surface area contributed by atoms with Gasteiger partial charge in [-0.05, 0) is 44.5 Å². The average Bonchev–Trinajstić information content (AvgIpc) is 2.12. The lowest BCUT2D eigenvalue weighted by molar-refractivity contribution is 0.476. The van der Waals surface area contributed by atoms with Gasteiger partial charge in [0.15, 0.2) is 0 Å². The number of nitrogens with two attached hydrogens (primary N) is 1. The van der Waals surface area contributed by atoms with Crippen molar-refractivity contribution in [1.29, 1.82) is 0 Å². The molecule has 18 heavy (non-hydrogen) atoms. The van der Waals surface area contributed by atoms with Crippen molar-refractivity contribution >= 4 is 21.4 Å². The number of hydrogen-bond donors (Lipinski definition) is 3. The van der Waals surface area contributed by atoms with Gasteiger partial charge in [0.25, 0.3) is 0 Å². The molecule has 0 fully saturated rings. The molecule has 0 unspecified atom stereocenters. The summed E-state index contributed by atoms with van der Waals surface area (Å²) in [5.74, 6) is 0. The van der Waals surface area contributed by atoms with Crippen LogP contribution in [0.15, 0.2) is 18.2 Å². The molecule has 102 valence electrons. The van der Waals surface area contributed by atoms with Gasteiger partial charge < -0.3 is 11.1 Å². The molecule has 0 atom stereocenters. The zero-order valence-corrected chi connectivity index (χ0v) is 12.1. The molecule has 0 aromatic heterocycles. The predicted molar refractivity (Wildman–Crippen MR) is 76.1 cm³/mol. The number of sulfonamides is 1. The van der Waals surface area contributed by atoms with Crippen molar-refractivity contribution in [3.63, 3.8) is 0 Å². The lowest BCUT2D eigenvalue weighted by Gasteiger charge is -2.26. The van der Waals surface area contributed by atoms with Crippen LogP contribution in [0.1, 0.15) is 19.4 Å². The predicted octanol–water partition coefficient (Wildman–Crippen LogP) is 1.32. The quantitative estimate of drug-likeness (QED) is 0.705. The van der Waals surface area contributed by atoms with Gasteiger partial charge in [0.1, 0.15) is 0 Å². The topological polar surface area (TPSA) is 84.2 Å². The average molecular weight is 271 g/mol. The van der Waals surface area contributed by atoms with E-state index in [4.69, 9.17) is 5.73 Å². The number of rotatable bonds is 5. The first-order valence-corrected chi connectivity index (χ1v) is 7.57. The molecule has 1 rings (SSSR count). The molecule has 1 aromatic carbocycles. The Labute approximate surface area is 109 Å². The summed E-state index contributed by atoms with van der Waals surface area (Å²) < 4.78 is 25.0. The van der Waals surface area contributed by atoms with E-state index in [9.17, 15) is 8.42 Å². The first-order chi connectivity index (χ1) is 8.09. The molecule has 0 spiro atoms. The third kappa shape index (κ3) is 4.93. The van der Waals surface area contributed by atoms with Crippen molar-refractivity contribution in [2.75, 3.05) is 23.9 Å². The van der Waals surface area contributed by atoms with Crippen LogP contribution < -0.4 is 15.8 Å². The van der Waals surface area contributed by atoms with Gasteiger partial charge >= 0.3 is 0 Å². The Morgan fingerprint density at radius 2 is 1.94 bits per heavy atom. The molecule has 0 bridgehead atoms. The van der Waals surface area contributed by atoms with E-state index < -0.39 is 15.6 Å². The van der Waals surface area contributed by atoms with Crippen LogP contribution in [0.25, 0.3) is 0 Å². The molecule has 0 aliphatic rings. The van der Waals surface area contributed by atoms with Gasteiger partial charge in [-0.3, -0.25) is 0 Å². The van der Waals surface area contributed by atoms with E-state index >= 15 is 0 Å². The smallest absolute Gasteiger partial charge is 0.209 e. The van der Waals surface area contributed by atoms with E-state index in [1.807, 2.05) is 39.0 Å². The van der Waals surface area contributed by atoms with Gasteiger partial charge in [0.2, 0.25) is 10.0 Å². The van der Waals surface area contributed by atoms with Crippen LogP contribution in [0, 0.1) is 6.92 Å². The van der Waals surface area contributed by atoms with Crippen LogP contribution in [0.2, 0.25) is 0 Å². The number of nitrogen functional groups attached to an aromatic ring is 1. The molecule has 5 nitrogen and oxygen atoms in total. The van der Waals surface area contributed by atoms with Crippen molar-refractivity contribution in [2.45, 2.75) is 26.3 Å². The Hall–Kier alpha value is -1.27. The summed E-state index contributed by atoms with van der Waals surface area (Å²) in [6, 6.07) is 5.58. The van der Waals surface area contributed by atoms with E-state index in [0.29, 0.717) is 12.2 Å². The number of benzene rings is 1. The van der Waals surface area contributed by atoms with Crippen molar-refractivity contribution in [1.82, 2.24) is 4.72 Å². The third-order valence-corrected chi connectivity index (χ3v) is 3.36. The van der Waals surface area contributed by atoms with Gasteiger partial charge in [0, 0.05) is 23.5 Å². The highest BCUT2D eigenvalue weighted by molar-refractivity contribution is 7.88. The summed E-state index contributed by atoms with van der Waals surface area (Å²) in [6.45, 7) is 6.10. The minimum Gasteiger partial charge on any atom is -0.399 e. The largest absolute Gasteiger partial charge is 0.399 e. The van der Waals surface area contributed by atoms with Gasteiger partial charge in [0.05, 0.1) is 6.26 Å². The maximum Gasteiger partial charge on any atom is 0.209 e. The molecule has 0 saturated heterocycles. The zero-order valence-electron chi connectivity index (χ0n) is 11.2. The molecule has 0 radical (unpaired) electrons. The lowest BCUT2D eigenvalue weighted by atomic mass is 10.1. The van der Waals surface area contributed by atoms with Crippen LogP contribution in [0.3, 0.4) is 0 Å². The number of nitrogens with one attached hydrogen (secondary N) is 2. The minimum absolute atomic E-state index is 0.491. The molecule has 6 heteroatoms. The second kappa shape index (κ2) is 5.16. The first-order valence-electron chi connectivity index (χ1n) is 5.68. The van der Waals surface area contributed by atoms with Gasteiger partial charge in [-0.15, -0.1) is 0 Å². The monoisotopic (exact) mass is 271 g/mol. The summed E-state index contributed by atoms with van der Waals surface area (Å²) in [5, 5.41) is 3.22. The Morgan fingerprint density at radius 3 is 2.44 bits per heavy atom. The minimum atomic E-state index is -3.21. The summed E-state index contributed by atoms with van der Waals surface area (Å²) in [5.41, 5.74) is 7.82. The van der Waals surface area contributed by atoms with E-state index in [1.165, 1.54) is 0 Å². The third-order valence-electron chi connectivity index (χ3n) is 2.43. The number of aryl methyl sites for hydroxylation is 1. The van der Waals surface area contributed by atoms with Crippen molar-refractivity contribution in [3.05, 3.63) is 23.8 Å². The Balaban J connectivity index is 2.70.